The van der Waals surface area contributed by atoms with Crippen molar-refractivity contribution in [2.45, 2.75) is 71.4 Å². The third-order valence-electron chi connectivity index (χ3n) is 10.8. The molecular weight excluding hydrogens is 546 g/mol. The molecule has 234 valence electrons. The summed E-state index contributed by atoms with van der Waals surface area (Å²) in [5.41, 5.74) is 3.46. The van der Waals surface area contributed by atoms with Crippen LogP contribution in [0.15, 0.2) is 36.4 Å². The molecule has 3 saturated carbocycles. The van der Waals surface area contributed by atoms with Crippen LogP contribution >= 0.6 is 0 Å². The number of fused-ring (bicyclic) bond motifs is 2. The number of rotatable bonds is 9. The third-order valence-corrected chi connectivity index (χ3v) is 10.8. The number of aliphatic hydroxyl groups excluding tert-OH is 2. The minimum atomic E-state index is -1.02. The van der Waals surface area contributed by atoms with E-state index in [2.05, 4.69) is 26.1 Å². The number of nitrogens with one attached hydrogen (secondary N) is 1. The molecule has 2 bridgehead atoms. The second-order valence-electron chi connectivity index (χ2n) is 13.8. The van der Waals surface area contributed by atoms with Crippen molar-refractivity contribution < 1.29 is 29.6 Å². The number of carboxylic acid groups (broad SMARTS) is 1. The van der Waals surface area contributed by atoms with Crippen LogP contribution in [0.2, 0.25) is 0 Å². The molecule has 1 heterocycles. The monoisotopic (exact) mass is 593 g/mol. The first-order valence-electron chi connectivity index (χ1n) is 15.4. The number of carbonyl (C=O) groups excluding carboxylic acids is 1. The minimum absolute atomic E-state index is 0.0729. The third kappa shape index (κ3) is 5.63. The van der Waals surface area contributed by atoms with E-state index in [4.69, 9.17) is 4.74 Å². The smallest absolute Gasteiger partial charge is 0.335 e. The van der Waals surface area contributed by atoms with E-state index in [1.807, 2.05) is 48.2 Å². The number of carbonyl (C=O) groups is 2. The SMILES string of the molecule is COc1c(CN2C[C@H](O)[C@@H]([C@H](C)O)[C@H]2C(=O)NC2C[C@H]3C[C@@H]([C@@H]2C)C3(C)C)cccc1-c1cc(C(=O)O)cc(N(C)C)c1. The molecule has 1 amide bonds. The minimum Gasteiger partial charge on any atom is -0.496 e. The van der Waals surface area contributed by atoms with E-state index in [1.54, 1.807) is 26.2 Å². The number of methoxy groups -OCH3 is 1. The Morgan fingerprint density at radius 1 is 1.19 bits per heavy atom. The second-order valence-corrected chi connectivity index (χ2v) is 13.8. The van der Waals surface area contributed by atoms with Crippen LogP contribution < -0.4 is 15.0 Å². The van der Waals surface area contributed by atoms with Gasteiger partial charge in [0.05, 0.1) is 30.9 Å². The number of nitrogens with zero attached hydrogens (tertiary/aromatic N) is 2. The highest BCUT2D eigenvalue weighted by Gasteiger charge is 2.57. The van der Waals surface area contributed by atoms with Gasteiger partial charge in [-0.15, -0.1) is 0 Å². The van der Waals surface area contributed by atoms with Gasteiger partial charge in [-0.05, 0) is 66.7 Å². The van der Waals surface area contributed by atoms with Crippen LogP contribution in [0.3, 0.4) is 0 Å². The maximum atomic E-state index is 14.0. The van der Waals surface area contributed by atoms with E-state index < -0.39 is 30.1 Å². The Labute approximate surface area is 254 Å². The van der Waals surface area contributed by atoms with E-state index in [1.165, 1.54) is 6.42 Å². The molecule has 2 aromatic carbocycles. The topological polar surface area (TPSA) is 123 Å². The maximum Gasteiger partial charge on any atom is 0.335 e. The zero-order valence-electron chi connectivity index (χ0n) is 26.4. The number of anilines is 1. The standard InChI is InChI=1S/C34H47N3O6/c1-18-26-14-23(34(26,3)4)15-27(18)35-32(40)30-29(19(2)38)28(39)17-37(30)16-20-9-8-10-25(31(20)43-7)21-11-22(33(41)42)13-24(12-21)36(5)6/h8-13,18-19,23,26-30,38-39H,14-17H2,1-7H3,(H,35,40)(H,41,42)/t18-,19-,23+,26-,27?,28-,29+,30-/m0/s1. The van der Waals surface area contributed by atoms with Crippen LogP contribution in [-0.2, 0) is 11.3 Å². The average molecular weight is 594 g/mol. The summed E-state index contributed by atoms with van der Waals surface area (Å²) in [5.74, 6) is 0.307. The molecular formula is C34H47N3O6. The van der Waals surface area contributed by atoms with Gasteiger partial charge >= 0.3 is 5.97 Å². The van der Waals surface area contributed by atoms with Crippen LogP contribution in [-0.4, -0.2) is 84.1 Å². The first kappa shape index (κ1) is 31.3. The lowest BCUT2D eigenvalue weighted by molar-refractivity contribution is -0.139. The molecule has 2 aromatic rings. The molecule has 1 unspecified atom stereocenters. The predicted octanol–water partition coefficient (Wildman–Crippen LogP) is 3.86. The van der Waals surface area contributed by atoms with Crippen molar-refractivity contribution in [2.24, 2.45) is 29.1 Å². The fraction of sp³-hybridized carbons (Fsp3) is 0.588. The lowest BCUT2D eigenvalue weighted by atomic mass is 9.45. The summed E-state index contributed by atoms with van der Waals surface area (Å²) in [6, 6.07) is 10.2. The highest BCUT2D eigenvalue weighted by molar-refractivity contribution is 5.92. The van der Waals surface area contributed by atoms with Crippen LogP contribution in [0.4, 0.5) is 5.69 Å². The lowest BCUT2D eigenvalue weighted by Gasteiger charge is -2.62. The summed E-state index contributed by atoms with van der Waals surface area (Å²) in [4.78, 5) is 29.7. The zero-order chi connectivity index (χ0) is 31.4. The number of aromatic carboxylic acids is 1. The summed E-state index contributed by atoms with van der Waals surface area (Å²) >= 11 is 0. The summed E-state index contributed by atoms with van der Waals surface area (Å²) in [6.07, 6.45) is 0.428. The first-order valence-corrected chi connectivity index (χ1v) is 15.4. The molecule has 0 aromatic heterocycles. The van der Waals surface area contributed by atoms with Crippen molar-refractivity contribution in [3.05, 3.63) is 47.5 Å². The number of aliphatic hydroxyl groups is 2. The van der Waals surface area contributed by atoms with Gasteiger partial charge in [0.25, 0.3) is 0 Å². The molecule has 4 N–H and O–H groups in total. The number of para-hydroxylation sites is 1. The molecule has 3 aliphatic carbocycles. The summed E-state index contributed by atoms with van der Waals surface area (Å²) < 4.78 is 5.91. The van der Waals surface area contributed by atoms with E-state index in [0.29, 0.717) is 41.0 Å². The molecule has 1 aliphatic heterocycles. The molecule has 1 saturated heterocycles. The van der Waals surface area contributed by atoms with Crippen molar-refractivity contribution in [1.82, 2.24) is 10.2 Å². The molecule has 0 spiro atoms. The largest absolute Gasteiger partial charge is 0.496 e. The number of β-amino-alcohol motifs (C(OH)–C–C–N with tert-alkyl or cyclic N) is 1. The quantitative estimate of drug-likeness (QED) is 0.346. The van der Waals surface area contributed by atoms with Crippen molar-refractivity contribution in [1.29, 1.82) is 0 Å². The van der Waals surface area contributed by atoms with Crippen LogP contribution in [0, 0.1) is 29.1 Å². The molecule has 43 heavy (non-hydrogen) atoms. The van der Waals surface area contributed by atoms with Gasteiger partial charge in [0.15, 0.2) is 0 Å². The van der Waals surface area contributed by atoms with Crippen molar-refractivity contribution in [3.63, 3.8) is 0 Å². The highest BCUT2D eigenvalue weighted by atomic mass is 16.5. The Bertz CT molecular complexity index is 1370. The molecule has 4 fully saturated rings. The second kappa shape index (κ2) is 11.7. The number of amides is 1. The van der Waals surface area contributed by atoms with Gasteiger partial charge in [0.1, 0.15) is 5.75 Å². The lowest BCUT2D eigenvalue weighted by Crippen LogP contribution is -2.62. The van der Waals surface area contributed by atoms with Gasteiger partial charge in [-0.25, -0.2) is 4.79 Å². The molecule has 8 atom stereocenters. The molecule has 4 aliphatic rings. The van der Waals surface area contributed by atoms with Crippen LogP contribution in [0.25, 0.3) is 11.1 Å². The predicted molar refractivity (Wildman–Crippen MR) is 166 cm³/mol. The zero-order valence-corrected chi connectivity index (χ0v) is 26.4. The van der Waals surface area contributed by atoms with Crippen LogP contribution in [0.5, 0.6) is 5.75 Å². The van der Waals surface area contributed by atoms with Gasteiger partial charge < -0.3 is 30.3 Å². The van der Waals surface area contributed by atoms with Crippen molar-refractivity contribution >= 4 is 17.6 Å². The Balaban J connectivity index is 1.44. The van der Waals surface area contributed by atoms with Gasteiger partial charge in [-0.1, -0.05) is 39.0 Å². The maximum absolute atomic E-state index is 14.0. The molecule has 9 heteroatoms. The Morgan fingerprint density at radius 3 is 2.49 bits per heavy atom. The summed E-state index contributed by atoms with van der Waals surface area (Å²) in [6.45, 7) is 9.08. The van der Waals surface area contributed by atoms with Gasteiger partial charge in [-0.2, -0.15) is 0 Å². The van der Waals surface area contributed by atoms with E-state index in [9.17, 15) is 24.9 Å². The summed E-state index contributed by atoms with van der Waals surface area (Å²) in [7, 11) is 5.30. The van der Waals surface area contributed by atoms with E-state index in [0.717, 1.165) is 23.2 Å². The number of hydrogen-bond donors (Lipinski definition) is 4. The molecule has 9 nitrogen and oxygen atoms in total. The number of carboxylic acids is 1. The highest BCUT2D eigenvalue weighted by Crippen LogP contribution is 2.61. The van der Waals surface area contributed by atoms with Gasteiger partial charge in [0, 0.05) is 56.0 Å². The number of benzene rings is 2. The average Bonchev–Trinajstić information content (AvgIpc) is 3.28. The Morgan fingerprint density at radius 2 is 1.91 bits per heavy atom. The normalized spacial score (nSPS) is 30.3. The van der Waals surface area contributed by atoms with Crippen molar-refractivity contribution in [3.8, 4) is 16.9 Å². The Kier molecular flexibility index (Phi) is 8.55. The van der Waals surface area contributed by atoms with Crippen LogP contribution in [0.1, 0.15) is 56.5 Å². The fourth-order valence-corrected chi connectivity index (χ4v) is 8.17. The van der Waals surface area contributed by atoms with Gasteiger partial charge in [-0.3, -0.25) is 9.69 Å². The molecule has 0 radical (unpaired) electrons. The van der Waals surface area contributed by atoms with E-state index in [-0.39, 0.29) is 24.1 Å². The fourth-order valence-electron chi connectivity index (χ4n) is 8.17. The molecule has 6 rings (SSSR count). The van der Waals surface area contributed by atoms with E-state index >= 15 is 0 Å². The number of likely N-dealkylation sites (tertiary alicyclic amines) is 1. The Hall–Kier alpha value is -3.14. The van der Waals surface area contributed by atoms with Gasteiger partial charge in [0.2, 0.25) is 5.91 Å². The number of hydrogen-bond acceptors (Lipinski definition) is 7. The van der Waals surface area contributed by atoms with Crippen molar-refractivity contribution in [2.75, 3.05) is 32.6 Å². The summed E-state index contributed by atoms with van der Waals surface area (Å²) in [5, 5.41) is 34.8. The number of ether oxygens (including phenoxy) is 1. The first-order chi connectivity index (χ1) is 20.2.